The van der Waals surface area contributed by atoms with Gasteiger partial charge >= 0.3 is 0 Å². The average molecular weight is 663 g/mol. The number of aromatic hydroxyl groups is 1. The minimum Gasteiger partial charge on any atom is -0.508 e. The number of ether oxygens (including phenoxy) is 1. The fraction of sp³-hybridized carbons (Fsp3) is 0.118. The van der Waals surface area contributed by atoms with Crippen molar-refractivity contribution in [2.24, 2.45) is 0 Å². The third-order valence-electron chi connectivity index (χ3n) is 7.99. The molecule has 7 aromatic rings. The zero-order valence-electron chi connectivity index (χ0n) is 26.0. The second kappa shape index (κ2) is 11.9. The average Bonchev–Trinajstić information content (AvgIpc) is 3.69. The van der Waals surface area contributed by atoms with Gasteiger partial charge in [-0.15, -0.1) is 0 Å². The molecule has 0 aliphatic carbocycles. The lowest BCUT2D eigenvalue weighted by molar-refractivity contribution is 0.414. The van der Waals surface area contributed by atoms with Gasteiger partial charge in [0.1, 0.15) is 34.8 Å². The molecule has 242 valence electrons. The number of aromatic amines is 1. The van der Waals surface area contributed by atoms with Crippen LogP contribution < -0.4 is 20.3 Å². The Labute approximate surface area is 274 Å². The smallest absolute Gasteiger partial charge is 0.282 e. The van der Waals surface area contributed by atoms with Crippen molar-refractivity contribution in [2.75, 3.05) is 17.1 Å². The molecule has 4 heterocycles. The number of nitrogens with one attached hydrogen (secondary N) is 3. The molecule has 0 saturated heterocycles. The van der Waals surface area contributed by atoms with Gasteiger partial charge in [-0.1, -0.05) is 18.2 Å². The Hall–Kier alpha value is -6.15. The number of methoxy groups -OCH3 is 1. The van der Waals surface area contributed by atoms with Gasteiger partial charge in [-0.25, -0.2) is 22.9 Å². The van der Waals surface area contributed by atoms with E-state index >= 15 is 0 Å². The standard InChI is InChI=1S/C34H30N8O5S/c1-20-13-14-41-30(20)34(44)42(24-7-5-4-6-8-24)33(39-41)21(2)38-32-29-28(18-35-31(29)36-19-37-32)22-15-23(17-25(43)16-22)40-48(45,46)27-11-9-26(47-3)10-12-27/h4-19,21,40,43H,1-3H3,(H2,35,36,37,38). The summed E-state index contributed by atoms with van der Waals surface area (Å²) >= 11 is 0. The van der Waals surface area contributed by atoms with E-state index < -0.39 is 16.1 Å². The normalized spacial score (nSPS) is 12.3. The molecule has 4 N–H and O–H groups in total. The predicted molar refractivity (Wildman–Crippen MR) is 182 cm³/mol. The van der Waals surface area contributed by atoms with Crippen LogP contribution in [0.25, 0.3) is 33.4 Å². The molecule has 0 amide bonds. The van der Waals surface area contributed by atoms with Crippen LogP contribution in [0.3, 0.4) is 0 Å². The van der Waals surface area contributed by atoms with Crippen molar-refractivity contribution in [3.8, 4) is 28.3 Å². The van der Waals surface area contributed by atoms with Crippen molar-refractivity contribution in [2.45, 2.75) is 24.8 Å². The van der Waals surface area contributed by atoms with Gasteiger partial charge in [-0.2, -0.15) is 5.10 Å². The molecule has 1 unspecified atom stereocenters. The van der Waals surface area contributed by atoms with E-state index in [2.05, 4.69) is 25.0 Å². The molecule has 0 aliphatic rings. The molecule has 13 nitrogen and oxygen atoms in total. The molecular formula is C34H30N8O5S. The van der Waals surface area contributed by atoms with Gasteiger partial charge in [0.15, 0.2) is 5.82 Å². The highest BCUT2D eigenvalue weighted by molar-refractivity contribution is 7.92. The predicted octanol–water partition coefficient (Wildman–Crippen LogP) is 5.42. The largest absolute Gasteiger partial charge is 0.508 e. The van der Waals surface area contributed by atoms with Crippen LogP contribution in [-0.4, -0.2) is 49.8 Å². The second-order valence-corrected chi connectivity index (χ2v) is 12.9. The Balaban J connectivity index is 1.28. The topological polar surface area (TPSA) is 169 Å². The van der Waals surface area contributed by atoms with Crippen LogP contribution in [-0.2, 0) is 10.0 Å². The number of aromatic nitrogens is 6. The van der Waals surface area contributed by atoms with Gasteiger partial charge in [0.25, 0.3) is 15.6 Å². The zero-order valence-corrected chi connectivity index (χ0v) is 26.9. The van der Waals surface area contributed by atoms with Gasteiger partial charge in [-0.3, -0.25) is 14.1 Å². The maximum absolute atomic E-state index is 13.8. The number of phenols is 1. The van der Waals surface area contributed by atoms with Crippen molar-refractivity contribution in [1.82, 2.24) is 29.1 Å². The molecule has 0 spiro atoms. The lowest BCUT2D eigenvalue weighted by Crippen LogP contribution is -2.29. The molecule has 48 heavy (non-hydrogen) atoms. The van der Waals surface area contributed by atoms with Crippen LogP contribution in [0.2, 0.25) is 0 Å². The van der Waals surface area contributed by atoms with E-state index in [1.54, 1.807) is 39.7 Å². The number of phenolic OH excluding ortho intramolecular Hbond substituents is 1. The Morgan fingerprint density at radius 1 is 1.00 bits per heavy atom. The zero-order chi connectivity index (χ0) is 33.6. The number of H-pyrrole nitrogens is 1. The number of hydrogen-bond donors (Lipinski definition) is 4. The fourth-order valence-electron chi connectivity index (χ4n) is 5.70. The Bertz CT molecular complexity index is 2470. The number of sulfonamides is 1. The van der Waals surface area contributed by atoms with E-state index in [-0.39, 0.29) is 21.9 Å². The molecule has 7 rings (SSSR count). The molecule has 1 atom stereocenters. The van der Waals surface area contributed by atoms with Crippen LogP contribution in [0.15, 0.2) is 107 Å². The van der Waals surface area contributed by atoms with E-state index in [0.29, 0.717) is 50.8 Å². The van der Waals surface area contributed by atoms with Gasteiger partial charge in [0, 0.05) is 24.0 Å². The molecule has 0 bridgehead atoms. The summed E-state index contributed by atoms with van der Waals surface area (Å²) in [6.07, 6.45) is 4.87. The number of aryl methyl sites for hydroxylation is 1. The van der Waals surface area contributed by atoms with Crippen molar-refractivity contribution in [1.29, 1.82) is 0 Å². The molecule has 4 aromatic heterocycles. The molecule has 0 saturated carbocycles. The minimum atomic E-state index is -3.98. The maximum Gasteiger partial charge on any atom is 0.282 e. The summed E-state index contributed by atoms with van der Waals surface area (Å²) in [6.45, 7) is 3.75. The Morgan fingerprint density at radius 2 is 1.77 bits per heavy atom. The lowest BCUT2D eigenvalue weighted by atomic mass is 10.0. The van der Waals surface area contributed by atoms with Gasteiger partial charge < -0.3 is 20.1 Å². The van der Waals surface area contributed by atoms with Crippen molar-refractivity contribution >= 4 is 38.1 Å². The summed E-state index contributed by atoms with van der Waals surface area (Å²) in [7, 11) is -2.48. The highest BCUT2D eigenvalue weighted by Crippen LogP contribution is 2.37. The summed E-state index contributed by atoms with van der Waals surface area (Å²) in [6, 6.07) is 21.1. The first kappa shape index (κ1) is 30.5. The minimum absolute atomic E-state index is 0.0324. The first-order valence-electron chi connectivity index (χ1n) is 14.9. The Kier molecular flexibility index (Phi) is 7.56. The third-order valence-corrected chi connectivity index (χ3v) is 9.39. The molecule has 0 aliphatic heterocycles. The summed E-state index contributed by atoms with van der Waals surface area (Å²) in [5, 5.41) is 19.5. The summed E-state index contributed by atoms with van der Waals surface area (Å²) in [5.74, 6) is 1.25. The number of nitrogens with zero attached hydrogens (tertiary/aromatic N) is 5. The van der Waals surface area contributed by atoms with Gasteiger partial charge in [0.2, 0.25) is 0 Å². The van der Waals surface area contributed by atoms with E-state index in [1.165, 1.54) is 37.7 Å². The van der Waals surface area contributed by atoms with E-state index in [0.717, 1.165) is 5.56 Å². The van der Waals surface area contributed by atoms with E-state index in [4.69, 9.17) is 9.84 Å². The third kappa shape index (κ3) is 5.47. The number of benzene rings is 3. The van der Waals surface area contributed by atoms with Crippen LogP contribution in [0, 0.1) is 6.92 Å². The molecular weight excluding hydrogens is 632 g/mol. The first-order valence-corrected chi connectivity index (χ1v) is 16.4. The molecule has 3 aromatic carbocycles. The van der Waals surface area contributed by atoms with Gasteiger partial charge in [0.05, 0.1) is 34.8 Å². The lowest BCUT2D eigenvalue weighted by Gasteiger charge is -2.20. The monoisotopic (exact) mass is 662 g/mol. The molecule has 0 radical (unpaired) electrons. The SMILES string of the molecule is COc1ccc(S(=O)(=O)Nc2cc(O)cc(-c3c[nH]c4ncnc(NC(C)c5nn6ccc(C)c6c(=O)n5-c5ccccc5)c34)c2)cc1. The van der Waals surface area contributed by atoms with Gasteiger partial charge in [-0.05, 0) is 79.6 Å². The maximum atomic E-state index is 13.8. The van der Waals surface area contributed by atoms with Crippen molar-refractivity contribution in [3.63, 3.8) is 0 Å². The Morgan fingerprint density at radius 3 is 2.52 bits per heavy atom. The van der Waals surface area contributed by atoms with E-state index in [9.17, 15) is 18.3 Å². The summed E-state index contributed by atoms with van der Waals surface area (Å²) in [4.78, 5) is 25.9. The highest BCUT2D eigenvalue weighted by Gasteiger charge is 2.23. The fourth-order valence-corrected chi connectivity index (χ4v) is 6.74. The van der Waals surface area contributed by atoms with E-state index in [1.807, 2.05) is 50.2 Å². The summed E-state index contributed by atoms with van der Waals surface area (Å²) < 4.78 is 37.2. The number of fused-ring (bicyclic) bond motifs is 2. The quantitative estimate of drug-likeness (QED) is 0.158. The van der Waals surface area contributed by atoms with Crippen LogP contribution >= 0.6 is 0 Å². The van der Waals surface area contributed by atoms with Crippen molar-refractivity contribution < 1.29 is 18.3 Å². The number of hydrogen-bond acceptors (Lipinski definition) is 9. The second-order valence-electron chi connectivity index (χ2n) is 11.2. The molecule has 0 fully saturated rings. The van der Waals surface area contributed by atoms with Crippen molar-refractivity contribution in [3.05, 3.63) is 119 Å². The number of rotatable bonds is 9. The van der Waals surface area contributed by atoms with Crippen LogP contribution in [0.1, 0.15) is 24.4 Å². The number of para-hydroxylation sites is 1. The summed E-state index contributed by atoms with van der Waals surface area (Å²) in [5.41, 5.74) is 3.52. The van der Waals surface area contributed by atoms with Crippen LogP contribution in [0.4, 0.5) is 11.5 Å². The molecule has 14 heteroatoms. The number of anilines is 2. The van der Waals surface area contributed by atoms with Crippen LogP contribution in [0.5, 0.6) is 11.5 Å². The highest BCUT2D eigenvalue weighted by atomic mass is 32.2. The first-order chi connectivity index (χ1) is 23.1.